The largest absolute Gasteiger partial charge is 0.478 e. The molecule has 2 nitrogen and oxygen atoms in total. The van der Waals surface area contributed by atoms with Crippen LogP contribution in [0.3, 0.4) is 0 Å². The molecule has 0 aliphatic carbocycles. The minimum absolute atomic E-state index is 0.266. The second kappa shape index (κ2) is 4.05. The van der Waals surface area contributed by atoms with Crippen molar-refractivity contribution in [3.8, 4) is 0 Å². The van der Waals surface area contributed by atoms with Gasteiger partial charge in [-0.15, -0.1) is 11.3 Å². The molecule has 0 aromatic carbocycles. The lowest BCUT2D eigenvalue weighted by Gasteiger charge is -1.98. The summed E-state index contributed by atoms with van der Waals surface area (Å²) < 4.78 is 0. The SMILES string of the molecule is C=C(C)C(=Cc1cccs1)C(=O)O. The van der Waals surface area contributed by atoms with E-state index in [1.54, 1.807) is 13.0 Å². The zero-order valence-electron chi connectivity index (χ0n) is 7.28. The third-order valence-electron chi connectivity index (χ3n) is 1.52. The summed E-state index contributed by atoms with van der Waals surface area (Å²) in [6.07, 6.45) is 1.63. The van der Waals surface area contributed by atoms with Crippen molar-refractivity contribution in [1.82, 2.24) is 0 Å². The first-order valence-electron chi connectivity index (χ1n) is 3.75. The molecule has 0 aliphatic heterocycles. The molecule has 1 rings (SSSR count). The predicted molar refractivity (Wildman–Crippen MR) is 54.7 cm³/mol. The summed E-state index contributed by atoms with van der Waals surface area (Å²) >= 11 is 1.51. The van der Waals surface area contributed by atoms with Crippen LogP contribution in [0.4, 0.5) is 0 Å². The Morgan fingerprint density at radius 1 is 1.69 bits per heavy atom. The van der Waals surface area contributed by atoms with Gasteiger partial charge in [0.1, 0.15) is 0 Å². The van der Waals surface area contributed by atoms with E-state index >= 15 is 0 Å². The maximum atomic E-state index is 10.7. The minimum Gasteiger partial charge on any atom is -0.478 e. The van der Waals surface area contributed by atoms with Gasteiger partial charge in [0.2, 0.25) is 0 Å². The minimum atomic E-state index is -0.930. The first-order chi connectivity index (χ1) is 6.11. The summed E-state index contributed by atoms with van der Waals surface area (Å²) in [7, 11) is 0. The smallest absolute Gasteiger partial charge is 0.335 e. The van der Waals surface area contributed by atoms with Gasteiger partial charge in [-0.3, -0.25) is 0 Å². The van der Waals surface area contributed by atoms with E-state index in [1.165, 1.54) is 11.3 Å². The highest BCUT2D eigenvalue weighted by atomic mass is 32.1. The normalized spacial score (nSPS) is 11.3. The highest BCUT2D eigenvalue weighted by Crippen LogP contribution is 2.17. The molecule has 1 aromatic rings. The molecule has 0 fully saturated rings. The summed E-state index contributed by atoms with van der Waals surface area (Å²) in [6.45, 7) is 5.30. The maximum absolute atomic E-state index is 10.7. The van der Waals surface area contributed by atoms with Crippen LogP contribution < -0.4 is 0 Å². The third-order valence-corrected chi connectivity index (χ3v) is 2.34. The summed E-state index contributed by atoms with van der Waals surface area (Å²) in [4.78, 5) is 11.7. The summed E-state index contributed by atoms with van der Waals surface area (Å²) in [6, 6.07) is 3.75. The number of rotatable bonds is 3. The number of thiophene rings is 1. The Balaban J connectivity index is 3.01. The molecule has 1 N–H and O–H groups in total. The van der Waals surface area contributed by atoms with Crippen molar-refractivity contribution in [2.75, 3.05) is 0 Å². The molecule has 0 amide bonds. The van der Waals surface area contributed by atoms with Crippen molar-refractivity contribution < 1.29 is 9.90 Å². The van der Waals surface area contributed by atoms with Gasteiger partial charge < -0.3 is 5.11 Å². The summed E-state index contributed by atoms with van der Waals surface area (Å²) in [5.41, 5.74) is 0.836. The molecule has 0 unspecified atom stereocenters. The van der Waals surface area contributed by atoms with E-state index in [2.05, 4.69) is 6.58 Å². The number of carbonyl (C=O) groups is 1. The number of aliphatic carboxylic acids is 1. The third kappa shape index (κ3) is 2.56. The van der Waals surface area contributed by atoms with Gasteiger partial charge in [-0.1, -0.05) is 12.6 Å². The molecule has 13 heavy (non-hydrogen) atoms. The fraction of sp³-hybridized carbons (Fsp3) is 0.100. The predicted octanol–water partition coefficient (Wildman–Crippen LogP) is 2.79. The second-order valence-electron chi connectivity index (χ2n) is 2.66. The Morgan fingerprint density at radius 3 is 2.77 bits per heavy atom. The molecule has 0 saturated heterocycles. The number of carboxylic acid groups (broad SMARTS) is 1. The first-order valence-corrected chi connectivity index (χ1v) is 4.63. The molecular formula is C10H10O2S. The standard InChI is InChI=1S/C10H10O2S/c1-7(2)9(10(11)12)6-8-4-3-5-13-8/h3-6H,1H2,2H3,(H,11,12). The van der Waals surface area contributed by atoms with Crippen LogP contribution in [-0.4, -0.2) is 11.1 Å². The average molecular weight is 194 g/mol. The molecule has 3 heteroatoms. The van der Waals surface area contributed by atoms with Gasteiger partial charge in [-0.25, -0.2) is 4.79 Å². The van der Waals surface area contributed by atoms with Crippen molar-refractivity contribution in [1.29, 1.82) is 0 Å². The van der Waals surface area contributed by atoms with E-state index in [9.17, 15) is 4.79 Å². The van der Waals surface area contributed by atoms with E-state index in [0.29, 0.717) is 5.57 Å². The molecule has 68 valence electrons. The zero-order chi connectivity index (χ0) is 9.84. The molecule has 1 heterocycles. The second-order valence-corrected chi connectivity index (χ2v) is 3.64. The van der Waals surface area contributed by atoms with Crippen LogP contribution in [0.1, 0.15) is 11.8 Å². The Kier molecular flexibility index (Phi) is 3.03. The highest BCUT2D eigenvalue weighted by Gasteiger charge is 2.07. The van der Waals surface area contributed by atoms with Crippen LogP contribution in [0.2, 0.25) is 0 Å². The lowest BCUT2D eigenvalue weighted by atomic mass is 10.1. The van der Waals surface area contributed by atoms with Crippen LogP contribution in [0.15, 0.2) is 35.2 Å². The van der Waals surface area contributed by atoms with E-state index in [0.717, 1.165) is 4.88 Å². The van der Waals surface area contributed by atoms with Gasteiger partial charge in [0.05, 0.1) is 5.57 Å². The lowest BCUT2D eigenvalue weighted by molar-refractivity contribution is -0.132. The van der Waals surface area contributed by atoms with E-state index < -0.39 is 5.97 Å². The van der Waals surface area contributed by atoms with E-state index in [4.69, 9.17) is 5.11 Å². The van der Waals surface area contributed by atoms with Gasteiger partial charge in [0, 0.05) is 4.88 Å². The average Bonchev–Trinajstić information content (AvgIpc) is 2.50. The highest BCUT2D eigenvalue weighted by molar-refractivity contribution is 7.10. The number of hydrogen-bond acceptors (Lipinski definition) is 2. The maximum Gasteiger partial charge on any atom is 0.335 e. The van der Waals surface area contributed by atoms with Crippen LogP contribution in [0, 0.1) is 0 Å². The van der Waals surface area contributed by atoms with Crippen molar-refractivity contribution >= 4 is 23.4 Å². The van der Waals surface area contributed by atoms with E-state index in [-0.39, 0.29) is 5.57 Å². The molecule has 0 saturated carbocycles. The van der Waals surface area contributed by atoms with Gasteiger partial charge in [0.25, 0.3) is 0 Å². The fourth-order valence-corrected chi connectivity index (χ4v) is 1.54. The van der Waals surface area contributed by atoms with Gasteiger partial charge in [-0.2, -0.15) is 0 Å². The molecule has 0 bridgehead atoms. The molecule has 0 radical (unpaired) electrons. The number of carboxylic acids is 1. The quantitative estimate of drug-likeness (QED) is 0.593. The molecule has 1 aromatic heterocycles. The Morgan fingerprint density at radius 2 is 2.38 bits per heavy atom. The summed E-state index contributed by atoms with van der Waals surface area (Å²) in [5.74, 6) is -0.930. The monoisotopic (exact) mass is 194 g/mol. The summed E-state index contributed by atoms with van der Waals surface area (Å²) in [5, 5.41) is 10.7. The van der Waals surface area contributed by atoms with Crippen molar-refractivity contribution in [3.05, 3.63) is 40.1 Å². The first kappa shape index (κ1) is 9.74. The van der Waals surface area contributed by atoms with Crippen molar-refractivity contribution in [2.45, 2.75) is 6.92 Å². The van der Waals surface area contributed by atoms with Crippen LogP contribution >= 0.6 is 11.3 Å². The van der Waals surface area contributed by atoms with Gasteiger partial charge in [0.15, 0.2) is 0 Å². The van der Waals surface area contributed by atoms with Crippen LogP contribution in [0.5, 0.6) is 0 Å². The zero-order valence-corrected chi connectivity index (χ0v) is 8.10. The van der Waals surface area contributed by atoms with Crippen LogP contribution in [-0.2, 0) is 4.79 Å². The molecule has 0 spiro atoms. The topological polar surface area (TPSA) is 37.3 Å². The molecule has 0 aliphatic rings. The Bertz CT molecular complexity index is 331. The van der Waals surface area contributed by atoms with Crippen molar-refractivity contribution in [2.24, 2.45) is 0 Å². The van der Waals surface area contributed by atoms with Crippen LogP contribution in [0.25, 0.3) is 6.08 Å². The number of hydrogen-bond donors (Lipinski definition) is 1. The Labute approximate surface area is 80.8 Å². The van der Waals surface area contributed by atoms with Gasteiger partial charge in [-0.05, 0) is 30.0 Å². The van der Waals surface area contributed by atoms with Crippen molar-refractivity contribution in [3.63, 3.8) is 0 Å². The Hall–Kier alpha value is -1.35. The van der Waals surface area contributed by atoms with Gasteiger partial charge >= 0.3 is 5.97 Å². The molecule has 0 atom stereocenters. The van der Waals surface area contributed by atoms with E-state index in [1.807, 2.05) is 17.5 Å². The molecular weight excluding hydrogens is 184 g/mol. The fourth-order valence-electron chi connectivity index (χ4n) is 0.883. The lowest BCUT2D eigenvalue weighted by Crippen LogP contribution is -2.00.